The van der Waals surface area contributed by atoms with Gasteiger partial charge in [-0.1, -0.05) is 65.8 Å². The van der Waals surface area contributed by atoms with Gasteiger partial charge in [0.1, 0.15) is 0 Å². The predicted molar refractivity (Wildman–Crippen MR) is 150 cm³/mol. The van der Waals surface area contributed by atoms with E-state index in [-0.39, 0.29) is 16.8 Å². The summed E-state index contributed by atoms with van der Waals surface area (Å²) in [6, 6.07) is 19.7. The van der Waals surface area contributed by atoms with Gasteiger partial charge in [0, 0.05) is 18.2 Å². The van der Waals surface area contributed by atoms with Gasteiger partial charge in [-0.3, -0.25) is 9.69 Å². The monoisotopic (exact) mass is 553 g/mol. The van der Waals surface area contributed by atoms with E-state index in [0.717, 1.165) is 40.6 Å². The zero-order chi connectivity index (χ0) is 26.2. The third kappa shape index (κ3) is 5.16. The van der Waals surface area contributed by atoms with Crippen molar-refractivity contribution in [1.29, 1.82) is 0 Å². The molecular formula is C28H28ClN3O3S2. The number of rotatable bonds is 6. The van der Waals surface area contributed by atoms with Crippen LogP contribution in [0.5, 0.6) is 0 Å². The highest BCUT2D eigenvalue weighted by molar-refractivity contribution is 7.89. The number of carbonyl (C=O) groups excluding carboxylic acids is 1. The van der Waals surface area contributed by atoms with Gasteiger partial charge in [-0.05, 0) is 68.1 Å². The first-order valence-electron chi connectivity index (χ1n) is 12.3. The number of hydrogen-bond donors (Lipinski definition) is 0. The Kier molecular flexibility index (Phi) is 7.36. The topological polar surface area (TPSA) is 70.6 Å². The molecule has 0 saturated carbocycles. The molecule has 1 aliphatic heterocycles. The molecule has 37 heavy (non-hydrogen) atoms. The van der Waals surface area contributed by atoms with Crippen molar-refractivity contribution in [3.05, 3.63) is 88.4 Å². The fourth-order valence-electron chi connectivity index (χ4n) is 4.69. The predicted octanol–water partition coefficient (Wildman–Crippen LogP) is 6.67. The van der Waals surface area contributed by atoms with E-state index >= 15 is 0 Å². The molecule has 0 N–H and O–H groups in total. The summed E-state index contributed by atoms with van der Waals surface area (Å²) in [5, 5.41) is 1.14. The Morgan fingerprint density at radius 3 is 2.49 bits per heavy atom. The van der Waals surface area contributed by atoms with Crippen molar-refractivity contribution in [3.63, 3.8) is 0 Å². The normalized spacial score (nSPS) is 16.7. The fraction of sp³-hybridized carbons (Fsp3) is 0.286. The van der Waals surface area contributed by atoms with Crippen molar-refractivity contribution in [2.45, 2.75) is 50.6 Å². The lowest BCUT2D eigenvalue weighted by molar-refractivity contribution is 0.0985. The summed E-state index contributed by atoms with van der Waals surface area (Å²) in [6.45, 7) is 4.76. The average molecular weight is 554 g/mol. The molecule has 1 atom stereocenters. The first kappa shape index (κ1) is 25.9. The molecule has 1 aliphatic rings. The van der Waals surface area contributed by atoms with Crippen LogP contribution >= 0.6 is 22.9 Å². The van der Waals surface area contributed by atoms with Crippen LogP contribution in [0.4, 0.5) is 5.13 Å². The number of halogens is 1. The molecule has 0 aliphatic carbocycles. The van der Waals surface area contributed by atoms with Crippen LogP contribution in [-0.4, -0.2) is 36.2 Å². The first-order valence-corrected chi connectivity index (χ1v) is 14.9. The summed E-state index contributed by atoms with van der Waals surface area (Å²) in [5.74, 6) is -0.257. The maximum Gasteiger partial charge on any atom is 0.260 e. The number of anilines is 1. The molecule has 6 nitrogen and oxygen atoms in total. The number of carbonyl (C=O) groups is 1. The SMILES string of the molecule is Cc1ccc(Cl)c2sc(N(Cc3ccccc3)C(=O)c3ccc(S(=O)(=O)N4CCCCC4C)cc3)nc12. The van der Waals surface area contributed by atoms with Gasteiger partial charge < -0.3 is 0 Å². The van der Waals surface area contributed by atoms with Crippen LogP contribution in [0.1, 0.15) is 47.7 Å². The van der Waals surface area contributed by atoms with E-state index in [4.69, 9.17) is 16.6 Å². The highest BCUT2D eigenvalue weighted by Gasteiger charge is 2.31. The Morgan fingerprint density at radius 2 is 1.81 bits per heavy atom. The molecule has 0 spiro atoms. The van der Waals surface area contributed by atoms with Crippen molar-refractivity contribution in [1.82, 2.24) is 9.29 Å². The molecule has 5 rings (SSSR count). The third-order valence-electron chi connectivity index (χ3n) is 6.80. The van der Waals surface area contributed by atoms with E-state index in [1.165, 1.54) is 23.5 Å². The number of aryl methyl sites for hydroxylation is 1. The molecular weight excluding hydrogens is 526 g/mol. The maximum absolute atomic E-state index is 13.8. The number of fused-ring (bicyclic) bond motifs is 1. The minimum absolute atomic E-state index is 0.0317. The molecule has 2 heterocycles. The zero-order valence-corrected chi connectivity index (χ0v) is 23.1. The van der Waals surface area contributed by atoms with Crippen LogP contribution < -0.4 is 4.90 Å². The van der Waals surface area contributed by atoms with E-state index in [1.54, 1.807) is 21.3 Å². The highest BCUT2D eigenvalue weighted by atomic mass is 35.5. The summed E-state index contributed by atoms with van der Waals surface area (Å²) >= 11 is 7.82. The Bertz CT molecular complexity index is 1500. The van der Waals surface area contributed by atoms with Crippen LogP contribution in [0.2, 0.25) is 5.02 Å². The summed E-state index contributed by atoms with van der Waals surface area (Å²) in [6.07, 6.45) is 2.75. The second-order valence-corrected chi connectivity index (χ2v) is 12.7. The molecule has 1 aromatic heterocycles. The number of aromatic nitrogens is 1. The fourth-order valence-corrected chi connectivity index (χ4v) is 7.70. The standard InChI is InChI=1S/C28H28ClN3O3S2/c1-19-11-16-24(29)26-25(19)30-28(36-26)31(18-21-9-4-3-5-10-21)27(33)22-12-14-23(15-13-22)37(34,35)32-17-7-6-8-20(32)2/h3-5,9-16,20H,6-8,17-18H2,1-2H3. The second kappa shape index (κ2) is 10.5. The molecule has 4 aromatic rings. The van der Waals surface area contributed by atoms with Crippen LogP contribution in [0.25, 0.3) is 10.2 Å². The Hall–Kier alpha value is -2.78. The van der Waals surface area contributed by atoms with E-state index in [9.17, 15) is 13.2 Å². The van der Waals surface area contributed by atoms with Crippen molar-refractivity contribution >= 4 is 54.2 Å². The first-order chi connectivity index (χ1) is 17.8. The van der Waals surface area contributed by atoms with Gasteiger partial charge in [0.15, 0.2) is 5.13 Å². The lowest BCUT2D eigenvalue weighted by Gasteiger charge is -2.32. The zero-order valence-electron chi connectivity index (χ0n) is 20.7. The number of benzene rings is 3. The van der Waals surface area contributed by atoms with Crippen LogP contribution in [-0.2, 0) is 16.6 Å². The molecule has 0 bridgehead atoms. The van der Waals surface area contributed by atoms with E-state index in [1.807, 2.05) is 56.3 Å². The highest BCUT2D eigenvalue weighted by Crippen LogP contribution is 2.37. The van der Waals surface area contributed by atoms with Crippen LogP contribution in [0.3, 0.4) is 0 Å². The summed E-state index contributed by atoms with van der Waals surface area (Å²) in [7, 11) is -3.62. The van der Waals surface area contributed by atoms with Gasteiger partial charge >= 0.3 is 0 Å². The second-order valence-electron chi connectivity index (χ2n) is 9.40. The van der Waals surface area contributed by atoms with Gasteiger partial charge in [0.2, 0.25) is 10.0 Å². The molecule has 3 aromatic carbocycles. The van der Waals surface area contributed by atoms with E-state index in [0.29, 0.717) is 28.8 Å². The van der Waals surface area contributed by atoms with E-state index in [2.05, 4.69) is 0 Å². The van der Waals surface area contributed by atoms with Crippen molar-refractivity contribution in [2.24, 2.45) is 0 Å². The summed E-state index contributed by atoms with van der Waals surface area (Å²) in [4.78, 5) is 20.4. The van der Waals surface area contributed by atoms with Gasteiger partial charge in [-0.2, -0.15) is 4.31 Å². The Balaban J connectivity index is 1.49. The number of thiazole rings is 1. The number of hydrogen-bond acceptors (Lipinski definition) is 5. The molecule has 1 amide bonds. The number of sulfonamides is 1. The number of nitrogens with zero attached hydrogens (tertiary/aromatic N) is 3. The Morgan fingerprint density at radius 1 is 1.08 bits per heavy atom. The number of piperidine rings is 1. The van der Waals surface area contributed by atoms with Crippen molar-refractivity contribution < 1.29 is 13.2 Å². The summed E-state index contributed by atoms with van der Waals surface area (Å²) < 4.78 is 28.9. The molecule has 0 radical (unpaired) electrons. The quantitative estimate of drug-likeness (QED) is 0.267. The van der Waals surface area contributed by atoms with Crippen molar-refractivity contribution in [2.75, 3.05) is 11.4 Å². The van der Waals surface area contributed by atoms with Gasteiger partial charge in [-0.15, -0.1) is 0 Å². The minimum Gasteiger partial charge on any atom is -0.279 e. The molecule has 1 saturated heterocycles. The van der Waals surface area contributed by atoms with Crippen molar-refractivity contribution in [3.8, 4) is 0 Å². The van der Waals surface area contributed by atoms with Gasteiger partial charge in [-0.25, -0.2) is 13.4 Å². The third-order valence-corrected chi connectivity index (χ3v) is 10.4. The lowest BCUT2D eigenvalue weighted by atomic mass is 10.1. The largest absolute Gasteiger partial charge is 0.279 e. The number of amides is 1. The smallest absolute Gasteiger partial charge is 0.260 e. The van der Waals surface area contributed by atoms with Crippen LogP contribution in [0, 0.1) is 6.92 Å². The maximum atomic E-state index is 13.8. The minimum atomic E-state index is -3.62. The molecule has 192 valence electrons. The summed E-state index contributed by atoms with van der Waals surface area (Å²) in [5.41, 5.74) is 3.10. The Labute approximate surface area is 226 Å². The molecule has 1 unspecified atom stereocenters. The molecule has 1 fully saturated rings. The van der Waals surface area contributed by atoms with E-state index < -0.39 is 10.0 Å². The van der Waals surface area contributed by atoms with Crippen LogP contribution in [0.15, 0.2) is 71.6 Å². The molecule has 9 heteroatoms. The van der Waals surface area contributed by atoms with Gasteiger partial charge in [0.05, 0.1) is 26.7 Å². The van der Waals surface area contributed by atoms with Gasteiger partial charge in [0.25, 0.3) is 5.91 Å². The average Bonchev–Trinajstić information content (AvgIpc) is 3.37. The lowest BCUT2D eigenvalue weighted by Crippen LogP contribution is -2.41.